The number of aliphatic hydroxyl groups is 1. The SMILES string of the molecule is C[O-].OCc1ccccc1O.[Na+]. The molecule has 0 atom stereocenters. The van der Waals surface area contributed by atoms with Crippen LogP contribution in [0.15, 0.2) is 24.3 Å². The monoisotopic (exact) mass is 178 g/mol. The zero-order valence-corrected chi connectivity index (χ0v) is 9.32. The maximum atomic E-state index is 8.95. The van der Waals surface area contributed by atoms with Crippen LogP contribution in [0, 0.1) is 0 Å². The molecular formula is C8H11NaO3. The summed E-state index contributed by atoms with van der Waals surface area (Å²) in [6.07, 6.45) is 0. The van der Waals surface area contributed by atoms with Gasteiger partial charge in [0.25, 0.3) is 0 Å². The number of hydrogen-bond acceptors (Lipinski definition) is 3. The Morgan fingerprint density at radius 2 is 1.75 bits per heavy atom. The molecule has 0 saturated heterocycles. The summed E-state index contributed by atoms with van der Waals surface area (Å²) in [6, 6.07) is 6.71. The number of benzene rings is 1. The van der Waals surface area contributed by atoms with E-state index in [1.165, 1.54) is 0 Å². The Kier molecular flexibility index (Phi) is 10.9. The number of para-hydroxylation sites is 1. The summed E-state index contributed by atoms with van der Waals surface area (Å²) in [7, 11) is 0.750. The van der Waals surface area contributed by atoms with Crippen molar-refractivity contribution in [2.45, 2.75) is 6.61 Å². The molecule has 0 aliphatic heterocycles. The molecule has 3 nitrogen and oxygen atoms in total. The number of hydrogen-bond donors (Lipinski definition) is 2. The van der Waals surface area contributed by atoms with Crippen LogP contribution in [-0.4, -0.2) is 17.3 Å². The number of rotatable bonds is 1. The van der Waals surface area contributed by atoms with Crippen LogP contribution in [0.3, 0.4) is 0 Å². The van der Waals surface area contributed by atoms with Crippen LogP contribution in [0.25, 0.3) is 0 Å². The van der Waals surface area contributed by atoms with Crippen molar-refractivity contribution in [2.24, 2.45) is 0 Å². The summed E-state index contributed by atoms with van der Waals surface area (Å²) < 4.78 is 0. The Bertz CT molecular complexity index is 203. The Morgan fingerprint density at radius 3 is 2.08 bits per heavy atom. The molecule has 62 valence electrons. The average Bonchev–Trinajstić information content (AvgIpc) is 2.09. The van der Waals surface area contributed by atoms with Crippen LogP contribution in [-0.2, 0) is 6.61 Å². The van der Waals surface area contributed by atoms with Crippen molar-refractivity contribution < 1.29 is 44.9 Å². The molecule has 1 rings (SSSR count). The smallest absolute Gasteiger partial charge is 0.857 e. The predicted molar refractivity (Wildman–Crippen MR) is 40.0 cm³/mol. The summed E-state index contributed by atoms with van der Waals surface area (Å²) in [6.45, 7) is -0.104. The minimum atomic E-state index is -0.104. The average molecular weight is 178 g/mol. The molecule has 0 bridgehead atoms. The standard InChI is InChI=1S/C7H8O2.CH3O.Na/c8-5-6-3-1-2-4-7(6)9;1-2;/h1-4,8-9H,5H2;1H3;/q;-1;+1. The molecule has 1 aromatic rings. The summed E-state index contributed by atoms with van der Waals surface area (Å²) in [5.41, 5.74) is 0.567. The predicted octanol–water partition coefficient (Wildman–Crippen LogP) is -3.13. The summed E-state index contributed by atoms with van der Waals surface area (Å²) >= 11 is 0. The van der Waals surface area contributed by atoms with Gasteiger partial charge in [-0.2, -0.15) is 7.11 Å². The third kappa shape index (κ3) is 4.74. The first-order chi connectivity index (χ1) is 5.34. The Labute approximate surface area is 94.0 Å². The minimum absolute atomic E-state index is 0. The summed E-state index contributed by atoms with van der Waals surface area (Å²) in [5, 5.41) is 25.8. The fourth-order valence-electron chi connectivity index (χ4n) is 0.645. The van der Waals surface area contributed by atoms with Crippen LogP contribution in [0.2, 0.25) is 0 Å². The van der Waals surface area contributed by atoms with Crippen LogP contribution in [0.1, 0.15) is 5.56 Å². The van der Waals surface area contributed by atoms with Gasteiger partial charge in [0.1, 0.15) is 5.75 Å². The van der Waals surface area contributed by atoms with E-state index >= 15 is 0 Å². The molecule has 0 spiro atoms. The van der Waals surface area contributed by atoms with E-state index in [1.807, 2.05) is 0 Å². The molecule has 0 heterocycles. The minimum Gasteiger partial charge on any atom is -0.857 e. The summed E-state index contributed by atoms with van der Waals surface area (Å²) in [5.74, 6) is 0.153. The van der Waals surface area contributed by atoms with E-state index in [4.69, 9.17) is 15.3 Å². The fourth-order valence-corrected chi connectivity index (χ4v) is 0.645. The molecule has 0 saturated carbocycles. The number of phenols is 1. The molecule has 0 aliphatic carbocycles. The number of aliphatic hydroxyl groups excluding tert-OH is 1. The van der Waals surface area contributed by atoms with Gasteiger partial charge in [0, 0.05) is 5.56 Å². The molecule has 0 aromatic heterocycles. The largest absolute Gasteiger partial charge is 1.00 e. The first-order valence-electron chi connectivity index (χ1n) is 3.13. The molecule has 1 aromatic carbocycles. The molecule has 0 fully saturated rings. The van der Waals surface area contributed by atoms with Crippen LogP contribution in [0.5, 0.6) is 5.75 Å². The van der Waals surface area contributed by atoms with Gasteiger partial charge < -0.3 is 15.3 Å². The molecule has 2 N–H and O–H groups in total. The van der Waals surface area contributed by atoms with Gasteiger partial charge in [0.2, 0.25) is 0 Å². The van der Waals surface area contributed by atoms with Crippen molar-refractivity contribution in [3.63, 3.8) is 0 Å². The molecule has 12 heavy (non-hydrogen) atoms. The normalized spacial score (nSPS) is 7.58. The van der Waals surface area contributed by atoms with Gasteiger partial charge in [-0.05, 0) is 6.07 Å². The molecule has 0 amide bonds. The van der Waals surface area contributed by atoms with E-state index in [-0.39, 0.29) is 41.9 Å². The van der Waals surface area contributed by atoms with Crippen molar-refractivity contribution in [1.82, 2.24) is 0 Å². The van der Waals surface area contributed by atoms with Crippen LogP contribution in [0.4, 0.5) is 0 Å². The van der Waals surface area contributed by atoms with Gasteiger partial charge >= 0.3 is 29.6 Å². The Balaban J connectivity index is 0. The van der Waals surface area contributed by atoms with Gasteiger partial charge in [-0.3, -0.25) is 0 Å². The second kappa shape index (κ2) is 9.03. The van der Waals surface area contributed by atoms with E-state index in [9.17, 15) is 0 Å². The fraction of sp³-hybridized carbons (Fsp3) is 0.250. The molecule has 4 heteroatoms. The molecule has 0 aliphatic rings. The van der Waals surface area contributed by atoms with E-state index < -0.39 is 0 Å². The first kappa shape index (κ1) is 14.5. The maximum absolute atomic E-state index is 8.95. The van der Waals surface area contributed by atoms with Gasteiger partial charge in [-0.1, -0.05) is 18.2 Å². The van der Waals surface area contributed by atoms with Crippen molar-refractivity contribution >= 4 is 0 Å². The summed E-state index contributed by atoms with van der Waals surface area (Å²) in [4.78, 5) is 0. The van der Waals surface area contributed by atoms with Gasteiger partial charge in [0.15, 0.2) is 0 Å². The topological polar surface area (TPSA) is 63.5 Å². The Morgan fingerprint density at radius 1 is 1.25 bits per heavy atom. The molecular weight excluding hydrogens is 167 g/mol. The number of aromatic hydroxyl groups is 1. The van der Waals surface area contributed by atoms with E-state index in [0.717, 1.165) is 7.11 Å². The van der Waals surface area contributed by atoms with Crippen molar-refractivity contribution in [1.29, 1.82) is 0 Å². The van der Waals surface area contributed by atoms with Gasteiger partial charge in [-0.15, -0.1) is 0 Å². The van der Waals surface area contributed by atoms with Crippen LogP contribution >= 0.6 is 0 Å². The third-order valence-electron chi connectivity index (χ3n) is 1.16. The van der Waals surface area contributed by atoms with Crippen molar-refractivity contribution in [2.75, 3.05) is 7.11 Å². The zero-order chi connectivity index (χ0) is 8.69. The van der Waals surface area contributed by atoms with E-state index in [2.05, 4.69) is 0 Å². The second-order valence-corrected chi connectivity index (χ2v) is 1.79. The quantitative estimate of drug-likeness (QED) is 0.447. The van der Waals surface area contributed by atoms with Crippen LogP contribution < -0.4 is 34.7 Å². The second-order valence-electron chi connectivity index (χ2n) is 1.79. The van der Waals surface area contributed by atoms with Gasteiger partial charge in [0.05, 0.1) is 6.61 Å². The first-order valence-corrected chi connectivity index (χ1v) is 3.13. The third-order valence-corrected chi connectivity index (χ3v) is 1.16. The van der Waals surface area contributed by atoms with Crippen molar-refractivity contribution in [3.8, 4) is 5.75 Å². The van der Waals surface area contributed by atoms with Crippen molar-refractivity contribution in [3.05, 3.63) is 29.8 Å². The van der Waals surface area contributed by atoms with E-state index in [1.54, 1.807) is 24.3 Å². The van der Waals surface area contributed by atoms with E-state index in [0.29, 0.717) is 5.56 Å². The zero-order valence-electron chi connectivity index (χ0n) is 7.32. The maximum Gasteiger partial charge on any atom is 1.00 e. The van der Waals surface area contributed by atoms with Gasteiger partial charge in [-0.25, -0.2) is 0 Å². The molecule has 0 radical (unpaired) electrons. The molecule has 0 unspecified atom stereocenters. The Hall–Kier alpha value is -0.0600.